The molecule has 0 N–H and O–H groups in total. The number of hydrogen-bond acceptors (Lipinski definition) is 0. The standard InChI is InChI=1S/C11H14BrCl/c1-2-9-5-6-10(4-3-7-13)11(12)8-9/h5-6,8H,2-4,7H2,1H3. The fraction of sp³-hybridized carbons (Fsp3) is 0.455. The summed E-state index contributed by atoms with van der Waals surface area (Å²) in [7, 11) is 0. The maximum absolute atomic E-state index is 5.65. The van der Waals surface area contributed by atoms with Crippen LogP contribution in [0, 0.1) is 0 Å². The van der Waals surface area contributed by atoms with Crippen LogP contribution in [0.2, 0.25) is 0 Å². The molecule has 2 heteroatoms. The lowest BCUT2D eigenvalue weighted by Crippen LogP contribution is -1.90. The summed E-state index contributed by atoms with van der Waals surface area (Å²) in [6.07, 6.45) is 3.20. The third-order valence-electron chi connectivity index (χ3n) is 2.11. The van der Waals surface area contributed by atoms with Gasteiger partial charge in [0.1, 0.15) is 0 Å². The highest BCUT2D eigenvalue weighted by molar-refractivity contribution is 9.10. The van der Waals surface area contributed by atoms with E-state index in [2.05, 4.69) is 41.1 Å². The maximum atomic E-state index is 5.65. The van der Waals surface area contributed by atoms with Crippen LogP contribution in [0.25, 0.3) is 0 Å². The smallest absolute Gasteiger partial charge is 0.0226 e. The van der Waals surface area contributed by atoms with Gasteiger partial charge in [-0.1, -0.05) is 35.0 Å². The fourth-order valence-corrected chi connectivity index (χ4v) is 2.03. The Bertz CT molecular complexity index is 271. The maximum Gasteiger partial charge on any atom is 0.0226 e. The molecule has 1 rings (SSSR count). The van der Waals surface area contributed by atoms with Crippen LogP contribution in [0.3, 0.4) is 0 Å². The van der Waals surface area contributed by atoms with E-state index in [4.69, 9.17) is 11.6 Å². The van der Waals surface area contributed by atoms with Gasteiger partial charge in [-0.25, -0.2) is 0 Å². The molecule has 0 aliphatic carbocycles. The second-order valence-electron chi connectivity index (χ2n) is 3.07. The zero-order valence-electron chi connectivity index (χ0n) is 7.82. The van der Waals surface area contributed by atoms with Crippen molar-refractivity contribution in [3.63, 3.8) is 0 Å². The van der Waals surface area contributed by atoms with Gasteiger partial charge in [0.05, 0.1) is 0 Å². The SMILES string of the molecule is CCc1ccc(CCCCl)c(Br)c1. The van der Waals surface area contributed by atoms with Crippen LogP contribution in [-0.4, -0.2) is 5.88 Å². The summed E-state index contributed by atoms with van der Waals surface area (Å²) >= 11 is 9.22. The summed E-state index contributed by atoms with van der Waals surface area (Å²) < 4.78 is 1.22. The van der Waals surface area contributed by atoms with Crippen LogP contribution in [0.5, 0.6) is 0 Å². The summed E-state index contributed by atoms with van der Waals surface area (Å²) in [5, 5.41) is 0. The van der Waals surface area contributed by atoms with Crippen LogP contribution in [0.15, 0.2) is 22.7 Å². The van der Waals surface area contributed by atoms with Crippen LogP contribution >= 0.6 is 27.5 Å². The van der Waals surface area contributed by atoms with Crippen molar-refractivity contribution in [1.82, 2.24) is 0 Å². The van der Waals surface area contributed by atoms with Crippen molar-refractivity contribution >= 4 is 27.5 Å². The average molecular weight is 262 g/mol. The number of aryl methyl sites for hydroxylation is 2. The highest BCUT2D eigenvalue weighted by Crippen LogP contribution is 2.20. The predicted octanol–water partition coefficient (Wildman–Crippen LogP) is 4.18. The lowest BCUT2D eigenvalue weighted by atomic mass is 10.1. The van der Waals surface area contributed by atoms with Gasteiger partial charge >= 0.3 is 0 Å². The Hall–Kier alpha value is -0.0100. The van der Waals surface area contributed by atoms with E-state index in [1.807, 2.05) is 0 Å². The first-order valence-corrected chi connectivity index (χ1v) is 5.94. The van der Waals surface area contributed by atoms with Gasteiger partial charge in [0.15, 0.2) is 0 Å². The van der Waals surface area contributed by atoms with E-state index in [1.165, 1.54) is 15.6 Å². The molecule has 0 radical (unpaired) electrons. The normalized spacial score (nSPS) is 10.4. The van der Waals surface area contributed by atoms with E-state index in [0.717, 1.165) is 25.1 Å². The fourth-order valence-electron chi connectivity index (χ4n) is 1.27. The number of halogens is 2. The number of alkyl halides is 1. The van der Waals surface area contributed by atoms with Crippen molar-refractivity contribution in [3.05, 3.63) is 33.8 Å². The van der Waals surface area contributed by atoms with Crippen LogP contribution in [0.4, 0.5) is 0 Å². The van der Waals surface area contributed by atoms with Crippen LogP contribution in [0.1, 0.15) is 24.5 Å². The summed E-state index contributed by atoms with van der Waals surface area (Å²) in [4.78, 5) is 0. The first-order valence-electron chi connectivity index (χ1n) is 4.61. The molecule has 0 aliphatic heterocycles. The first kappa shape index (κ1) is 11.1. The molecule has 1 aromatic carbocycles. The highest BCUT2D eigenvalue weighted by atomic mass is 79.9. The zero-order valence-corrected chi connectivity index (χ0v) is 10.2. The molecule has 0 atom stereocenters. The first-order chi connectivity index (χ1) is 6.27. The summed E-state index contributed by atoms with van der Waals surface area (Å²) in [5.74, 6) is 0.738. The quantitative estimate of drug-likeness (QED) is 0.713. The molecular formula is C11H14BrCl. The molecule has 0 aromatic heterocycles. The summed E-state index contributed by atoms with van der Waals surface area (Å²) in [6.45, 7) is 2.17. The van der Waals surface area contributed by atoms with Crippen molar-refractivity contribution in [2.45, 2.75) is 26.2 Å². The molecule has 0 aliphatic rings. The van der Waals surface area contributed by atoms with E-state index in [1.54, 1.807) is 0 Å². The van der Waals surface area contributed by atoms with Gasteiger partial charge in [-0.3, -0.25) is 0 Å². The molecule has 0 saturated heterocycles. The van der Waals surface area contributed by atoms with E-state index in [-0.39, 0.29) is 0 Å². The Labute approximate surface area is 93.4 Å². The molecule has 0 amide bonds. The topological polar surface area (TPSA) is 0 Å². The van der Waals surface area contributed by atoms with Crippen LogP contribution in [-0.2, 0) is 12.8 Å². The Morgan fingerprint density at radius 3 is 2.69 bits per heavy atom. The number of rotatable bonds is 4. The molecule has 0 saturated carbocycles. The van der Waals surface area contributed by atoms with Gasteiger partial charge < -0.3 is 0 Å². The lowest BCUT2D eigenvalue weighted by molar-refractivity contribution is 0.921. The average Bonchev–Trinajstić information content (AvgIpc) is 2.16. The molecule has 13 heavy (non-hydrogen) atoms. The second kappa shape index (κ2) is 5.66. The van der Waals surface area contributed by atoms with Gasteiger partial charge in [-0.2, -0.15) is 0 Å². The minimum atomic E-state index is 0.738. The van der Waals surface area contributed by atoms with Gasteiger partial charge in [0.2, 0.25) is 0 Å². The van der Waals surface area contributed by atoms with E-state index in [9.17, 15) is 0 Å². The zero-order chi connectivity index (χ0) is 9.68. The van der Waals surface area contributed by atoms with E-state index < -0.39 is 0 Å². The van der Waals surface area contributed by atoms with Gasteiger partial charge in [0.25, 0.3) is 0 Å². The largest absolute Gasteiger partial charge is 0.127 e. The molecule has 1 aromatic rings. The lowest BCUT2D eigenvalue weighted by Gasteiger charge is -2.04. The summed E-state index contributed by atoms with van der Waals surface area (Å²) in [6, 6.07) is 6.58. The minimum absolute atomic E-state index is 0.738. The number of hydrogen-bond donors (Lipinski definition) is 0. The van der Waals surface area contributed by atoms with Crippen LogP contribution < -0.4 is 0 Å². The van der Waals surface area contributed by atoms with Gasteiger partial charge in [-0.15, -0.1) is 11.6 Å². The van der Waals surface area contributed by atoms with Crippen molar-refractivity contribution in [3.8, 4) is 0 Å². The van der Waals surface area contributed by atoms with Crippen molar-refractivity contribution in [1.29, 1.82) is 0 Å². The van der Waals surface area contributed by atoms with Gasteiger partial charge in [0, 0.05) is 10.4 Å². The summed E-state index contributed by atoms with van der Waals surface area (Å²) in [5.41, 5.74) is 2.74. The Balaban J connectivity index is 2.73. The monoisotopic (exact) mass is 260 g/mol. The number of benzene rings is 1. The van der Waals surface area contributed by atoms with Gasteiger partial charge in [-0.05, 0) is 36.5 Å². The molecule has 0 spiro atoms. The van der Waals surface area contributed by atoms with E-state index in [0.29, 0.717) is 0 Å². The Morgan fingerprint density at radius 2 is 2.15 bits per heavy atom. The highest BCUT2D eigenvalue weighted by Gasteiger charge is 1.99. The molecule has 0 unspecified atom stereocenters. The molecule has 0 fully saturated rings. The molecule has 0 nitrogen and oxygen atoms in total. The third kappa shape index (κ3) is 3.32. The molecular weight excluding hydrogens is 247 g/mol. The second-order valence-corrected chi connectivity index (χ2v) is 4.30. The Morgan fingerprint density at radius 1 is 1.38 bits per heavy atom. The minimum Gasteiger partial charge on any atom is -0.127 e. The molecule has 72 valence electrons. The van der Waals surface area contributed by atoms with E-state index >= 15 is 0 Å². The third-order valence-corrected chi connectivity index (χ3v) is 3.11. The Kier molecular flexibility index (Phi) is 4.82. The molecule has 0 heterocycles. The van der Waals surface area contributed by atoms with Crippen molar-refractivity contribution in [2.24, 2.45) is 0 Å². The van der Waals surface area contributed by atoms with Crippen molar-refractivity contribution in [2.75, 3.05) is 5.88 Å². The predicted molar refractivity (Wildman–Crippen MR) is 62.6 cm³/mol. The molecule has 0 bridgehead atoms. The van der Waals surface area contributed by atoms with Crippen molar-refractivity contribution < 1.29 is 0 Å².